The molecule has 7 heteroatoms. The predicted molar refractivity (Wildman–Crippen MR) is 141 cm³/mol. The van der Waals surface area contributed by atoms with Crippen molar-refractivity contribution in [1.29, 1.82) is 0 Å². The van der Waals surface area contributed by atoms with Crippen molar-refractivity contribution < 1.29 is 4.79 Å². The summed E-state index contributed by atoms with van der Waals surface area (Å²) >= 11 is 0. The highest BCUT2D eigenvalue weighted by atomic mass is 16.2. The van der Waals surface area contributed by atoms with Gasteiger partial charge in [-0.2, -0.15) is 5.10 Å². The van der Waals surface area contributed by atoms with Crippen LogP contribution in [0, 0.1) is 5.92 Å². The van der Waals surface area contributed by atoms with E-state index in [1.165, 1.54) is 0 Å². The van der Waals surface area contributed by atoms with E-state index in [0.717, 1.165) is 51.7 Å². The van der Waals surface area contributed by atoms with Gasteiger partial charge in [-0.05, 0) is 30.4 Å². The minimum absolute atomic E-state index is 0.0251. The van der Waals surface area contributed by atoms with Crippen molar-refractivity contribution >= 4 is 34.0 Å². The van der Waals surface area contributed by atoms with Crippen LogP contribution in [0.25, 0.3) is 22.0 Å². The van der Waals surface area contributed by atoms with Crippen LogP contribution in [0.4, 0.5) is 11.6 Å². The first-order valence-corrected chi connectivity index (χ1v) is 11.9. The number of nitrogens with one attached hydrogen (secondary N) is 1. The minimum atomic E-state index is 0.0251. The number of carbonyl (C=O) groups is 1. The molecule has 0 radical (unpaired) electrons. The zero-order chi connectivity index (χ0) is 24.5. The summed E-state index contributed by atoms with van der Waals surface area (Å²) in [7, 11) is 1.88. The summed E-state index contributed by atoms with van der Waals surface area (Å²) in [6.07, 6.45) is 7.33. The molecule has 1 aliphatic carbocycles. The van der Waals surface area contributed by atoms with Crippen molar-refractivity contribution in [3.8, 4) is 11.3 Å². The first-order chi connectivity index (χ1) is 17.6. The SMILES string of the molecule is Cn1cc(-c2cc3cc(NC(=O)C4CC4)ncc3c(N=C(c3ccccc3)c3ccccc3)n2)cn1. The fourth-order valence-corrected chi connectivity index (χ4v) is 4.15. The van der Waals surface area contributed by atoms with E-state index in [0.29, 0.717) is 11.6 Å². The normalized spacial score (nSPS) is 12.9. The van der Waals surface area contributed by atoms with Crippen LogP contribution >= 0.6 is 0 Å². The Morgan fingerprint density at radius 2 is 1.67 bits per heavy atom. The van der Waals surface area contributed by atoms with Crippen LogP contribution in [0.5, 0.6) is 0 Å². The molecule has 6 rings (SSSR count). The molecule has 0 unspecified atom stereocenters. The number of hydrogen-bond acceptors (Lipinski definition) is 5. The Kier molecular flexibility index (Phi) is 5.58. The summed E-state index contributed by atoms with van der Waals surface area (Å²) < 4.78 is 1.75. The summed E-state index contributed by atoms with van der Waals surface area (Å²) in [5.74, 6) is 1.22. The summed E-state index contributed by atoms with van der Waals surface area (Å²) in [5, 5.41) is 8.96. The highest BCUT2D eigenvalue weighted by molar-refractivity contribution is 6.14. The van der Waals surface area contributed by atoms with Crippen molar-refractivity contribution in [2.24, 2.45) is 18.0 Å². The monoisotopic (exact) mass is 472 g/mol. The Morgan fingerprint density at radius 1 is 0.972 bits per heavy atom. The Balaban J connectivity index is 1.54. The molecule has 1 aliphatic rings. The molecule has 1 saturated carbocycles. The lowest BCUT2D eigenvalue weighted by molar-refractivity contribution is -0.117. The van der Waals surface area contributed by atoms with Crippen LogP contribution in [0.2, 0.25) is 0 Å². The van der Waals surface area contributed by atoms with E-state index in [1.54, 1.807) is 17.1 Å². The molecule has 7 nitrogen and oxygen atoms in total. The molecular weight excluding hydrogens is 448 g/mol. The van der Waals surface area contributed by atoms with E-state index < -0.39 is 0 Å². The lowest BCUT2D eigenvalue weighted by Crippen LogP contribution is -2.14. The lowest BCUT2D eigenvalue weighted by Gasteiger charge is -2.11. The Morgan fingerprint density at radius 3 is 2.28 bits per heavy atom. The molecule has 176 valence electrons. The first kappa shape index (κ1) is 21.9. The summed E-state index contributed by atoms with van der Waals surface area (Å²) in [6, 6.07) is 24.0. The van der Waals surface area contributed by atoms with E-state index in [4.69, 9.17) is 9.98 Å². The molecule has 0 saturated heterocycles. The van der Waals surface area contributed by atoms with Gasteiger partial charge in [-0.3, -0.25) is 9.48 Å². The molecule has 36 heavy (non-hydrogen) atoms. The van der Waals surface area contributed by atoms with Gasteiger partial charge in [0.1, 0.15) is 5.82 Å². The number of rotatable bonds is 6. The molecule has 3 aromatic heterocycles. The lowest BCUT2D eigenvalue weighted by atomic mass is 10.0. The molecule has 0 atom stereocenters. The molecular formula is C29H24N6O. The number of amides is 1. The molecule has 0 bridgehead atoms. The van der Waals surface area contributed by atoms with Crippen LogP contribution < -0.4 is 5.32 Å². The second-order valence-electron chi connectivity index (χ2n) is 8.98. The first-order valence-electron chi connectivity index (χ1n) is 11.9. The number of hydrogen-bond donors (Lipinski definition) is 1. The number of pyridine rings is 2. The van der Waals surface area contributed by atoms with Gasteiger partial charge in [-0.25, -0.2) is 15.0 Å². The maximum atomic E-state index is 12.3. The van der Waals surface area contributed by atoms with Gasteiger partial charge in [-0.1, -0.05) is 60.7 Å². The van der Waals surface area contributed by atoms with Gasteiger partial charge in [0, 0.05) is 47.4 Å². The number of aliphatic imine (C=N–C) groups is 1. The summed E-state index contributed by atoms with van der Waals surface area (Å²) in [6.45, 7) is 0. The largest absolute Gasteiger partial charge is 0.310 e. The van der Waals surface area contributed by atoms with Crippen molar-refractivity contribution in [3.63, 3.8) is 0 Å². The molecule has 0 spiro atoms. The smallest absolute Gasteiger partial charge is 0.228 e. The Labute approximate surface area is 208 Å². The number of aryl methyl sites for hydroxylation is 1. The fraction of sp³-hybridized carbons (Fsp3) is 0.138. The minimum Gasteiger partial charge on any atom is -0.310 e. The molecule has 1 fully saturated rings. The zero-order valence-corrected chi connectivity index (χ0v) is 19.8. The molecule has 0 aliphatic heterocycles. The summed E-state index contributed by atoms with van der Waals surface area (Å²) in [4.78, 5) is 26.9. The average Bonchev–Trinajstić information content (AvgIpc) is 3.68. The van der Waals surface area contributed by atoms with Crippen LogP contribution in [-0.4, -0.2) is 31.4 Å². The van der Waals surface area contributed by atoms with E-state index in [9.17, 15) is 4.79 Å². The van der Waals surface area contributed by atoms with Gasteiger partial charge in [0.2, 0.25) is 5.91 Å². The van der Waals surface area contributed by atoms with Crippen molar-refractivity contribution in [2.75, 3.05) is 5.32 Å². The number of anilines is 1. The van der Waals surface area contributed by atoms with Gasteiger partial charge in [-0.15, -0.1) is 0 Å². The second-order valence-corrected chi connectivity index (χ2v) is 8.98. The number of carbonyl (C=O) groups excluding carboxylic acids is 1. The third-order valence-corrected chi connectivity index (χ3v) is 6.21. The Hall–Kier alpha value is -4.65. The van der Waals surface area contributed by atoms with Crippen LogP contribution in [0.15, 0.2) is 96.4 Å². The maximum absolute atomic E-state index is 12.3. The van der Waals surface area contributed by atoms with E-state index >= 15 is 0 Å². The number of fused-ring (bicyclic) bond motifs is 1. The molecule has 2 aromatic carbocycles. The zero-order valence-electron chi connectivity index (χ0n) is 19.8. The van der Waals surface area contributed by atoms with Gasteiger partial charge in [0.25, 0.3) is 0 Å². The highest BCUT2D eigenvalue weighted by Gasteiger charge is 2.29. The highest BCUT2D eigenvalue weighted by Crippen LogP contribution is 2.33. The number of benzene rings is 2. The van der Waals surface area contributed by atoms with Crippen molar-refractivity contribution in [1.82, 2.24) is 19.7 Å². The topological polar surface area (TPSA) is 85.1 Å². The quantitative estimate of drug-likeness (QED) is 0.329. The van der Waals surface area contributed by atoms with Gasteiger partial charge in [0.15, 0.2) is 5.82 Å². The van der Waals surface area contributed by atoms with Crippen molar-refractivity contribution in [3.05, 3.63) is 103 Å². The number of aromatic nitrogens is 4. The van der Waals surface area contributed by atoms with Crippen LogP contribution in [0.3, 0.4) is 0 Å². The molecule has 5 aromatic rings. The van der Waals surface area contributed by atoms with Gasteiger partial charge < -0.3 is 5.32 Å². The molecule has 1 amide bonds. The number of nitrogens with zero attached hydrogens (tertiary/aromatic N) is 5. The Bertz CT molecular complexity index is 1550. The van der Waals surface area contributed by atoms with Gasteiger partial charge in [0.05, 0.1) is 17.6 Å². The van der Waals surface area contributed by atoms with Gasteiger partial charge >= 0.3 is 0 Å². The average molecular weight is 473 g/mol. The predicted octanol–water partition coefficient (Wildman–Crippen LogP) is 5.55. The third kappa shape index (κ3) is 4.51. The van der Waals surface area contributed by atoms with Crippen LogP contribution in [-0.2, 0) is 11.8 Å². The van der Waals surface area contributed by atoms with E-state index in [1.807, 2.05) is 86.0 Å². The molecule has 3 heterocycles. The third-order valence-electron chi connectivity index (χ3n) is 6.21. The fourth-order valence-electron chi connectivity index (χ4n) is 4.15. The second kappa shape index (κ2) is 9.19. The maximum Gasteiger partial charge on any atom is 0.228 e. The van der Waals surface area contributed by atoms with Crippen molar-refractivity contribution in [2.45, 2.75) is 12.8 Å². The van der Waals surface area contributed by atoms with Crippen LogP contribution in [0.1, 0.15) is 24.0 Å². The van der Waals surface area contributed by atoms with E-state index in [2.05, 4.69) is 15.4 Å². The summed E-state index contributed by atoms with van der Waals surface area (Å²) in [5.41, 5.74) is 4.44. The van der Waals surface area contributed by atoms with E-state index in [-0.39, 0.29) is 11.8 Å². The molecule has 1 N–H and O–H groups in total. The standard InChI is InChI=1S/C29H24N6O/c1-35-18-23(16-31-35)25-14-22-15-26(33-29(36)21-12-13-21)30-17-24(22)28(32-25)34-27(19-8-4-2-5-9-19)20-10-6-3-7-11-20/h2-11,14-18,21H,12-13H2,1H3,(H,30,33,36).